The van der Waals surface area contributed by atoms with E-state index in [1.165, 1.54) is 24.8 Å². The van der Waals surface area contributed by atoms with Crippen LogP contribution in [0.15, 0.2) is 24.3 Å². The van der Waals surface area contributed by atoms with Crippen molar-refractivity contribution in [3.63, 3.8) is 0 Å². The standard InChI is InChI=1S/C16H19NO/c17-11-15-7-3-13(4-8-15)1-2-14-5-9-16(12-18)10-6-14/h3-4,7-8,12,14,16H,1-2,5-6,9-10H2. The summed E-state index contributed by atoms with van der Waals surface area (Å²) in [6, 6.07) is 10.0. The highest BCUT2D eigenvalue weighted by Gasteiger charge is 2.20. The van der Waals surface area contributed by atoms with E-state index in [2.05, 4.69) is 18.2 Å². The lowest BCUT2D eigenvalue weighted by atomic mass is 9.80. The number of hydrogen-bond donors (Lipinski definition) is 0. The van der Waals surface area contributed by atoms with Crippen LogP contribution in [0.5, 0.6) is 0 Å². The maximum Gasteiger partial charge on any atom is 0.123 e. The Morgan fingerprint density at radius 1 is 1.17 bits per heavy atom. The van der Waals surface area contributed by atoms with Crippen LogP contribution in [0, 0.1) is 23.2 Å². The van der Waals surface area contributed by atoms with Crippen molar-refractivity contribution in [3.8, 4) is 6.07 Å². The fraction of sp³-hybridized carbons (Fsp3) is 0.500. The van der Waals surface area contributed by atoms with E-state index in [-0.39, 0.29) is 0 Å². The Morgan fingerprint density at radius 2 is 1.83 bits per heavy atom. The summed E-state index contributed by atoms with van der Waals surface area (Å²) in [5.41, 5.74) is 2.04. The average molecular weight is 241 g/mol. The molecule has 0 amide bonds. The zero-order chi connectivity index (χ0) is 12.8. The molecule has 0 N–H and O–H groups in total. The molecule has 0 unspecified atom stereocenters. The van der Waals surface area contributed by atoms with Crippen molar-refractivity contribution < 1.29 is 4.79 Å². The first-order chi connectivity index (χ1) is 8.81. The zero-order valence-electron chi connectivity index (χ0n) is 10.6. The number of nitriles is 1. The highest BCUT2D eigenvalue weighted by Crippen LogP contribution is 2.30. The Hall–Kier alpha value is -1.62. The third kappa shape index (κ3) is 3.43. The molecule has 94 valence electrons. The Kier molecular flexibility index (Phi) is 4.52. The predicted octanol–water partition coefficient (Wildman–Crippen LogP) is 3.50. The first-order valence-electron chi connectivity index (χ1n) is 6.76. The molecule has 0 spiro atoms. The molecule has 18 heavy (non-hydrogen) atoms. The van der Waals surface area contributed by atoms with E-state index in [1.807, 2.05) is 12.1 Å². The molecule has 0 atom stereocenters. The normalized spacial score (nSPS) is 23.3. The fourth-order valence-electron chi connectivity index (χ4n) is 2.73. The predicted molar refractivity (Wildman–Crippen MR) is 71.0 cm³/mol. The van der Waals surface area contributed by atoms with Crippen LogP contribution in [0.1, 0.15) is 43.2 Å². The zero-order valence-corrected chi connectivity index (χ0v) is 10.6. The van der Waals surface area contributed by atoms with Crippen LogP contribution >= 0.6 is 0 Å². The van der Waals surface area contributed by atoms with Crippen LogP contribution < -0.4 is 0 Å². The topological polar surface area (TPSA) is 40.9 Å². The summed E-state index contributed by atoms with van der Waals surface area (Å²) in [6.07, 6.45) is 7.94. The fourth-order valence-corrected chi connectivity index (χ4v) is 2.73. The van der Waals surface area contributed by atoms with Gasteiger partial charge in [-0.2, -0.15) is 5.26 Å². The van der Waals surface area contributed by atoms with E-state index in [0.29, 0.717) is 5.92 Å². The SMILES string of the molecule is N#Cc1ccc(CCC2CCC(C=O)CC2)cc1. The number of rotatable bonds is 4. The number of hydrogen-bond acceptors (Lipinski definition) is 2. The number of carbonyl (C=O) groups excluding carboxylic acids is 1. The van der Waals surface area contributed by atoms with Crippen molar-refractivity contribution in [1.82, 2.24) is 0 Å². The Bertz CT molecular complexity index is 421. The smallest absolute Gasteiger partial charge is 0.123 e. The van der Waals surface area contributed by atoms with Crippen LogP contribution in [0.3, 0.4) is 0 Å². The highest BCUT2D eigenvalue weighted by molar-refractivity contribution is 5.53. The number of benzene rings is 1. The minimum atomic E-state index is 0.316. The second-order valence-electron chi connectivity index (χ2n) is 5.26. The van der Waals surface area contributed by atoms with Crippen LogP contribution in [-0.2, 0) is 11.2 Å². The molecule has 0 aliphatic heterocycles. The Balaban J connectivity index is 1.78. The molecular formula is C16H19NO. The molecule has 0 aromatic heterocycles. The van der Waals surface area contributed by atoms with E-state index in [0.717, 1.165) is 37.0 Å². The van der Waals surface area contributed by atoms with Gasteiger partial charge in [0, 0.05) is 5.92 Å². The van der Waals surface area contributed by atoms with Gasteiger partial charge in [-0.3, -0.25) is 0 Å². The number of nitrogens with zero attached hydrogens (tertiary/aromatic N) is 1. The molecule has 0 heterocycles. The van der Waals surface area contributed by atoms with Gasteiger partial charge in [-0.15, -0.1) is 0 Å². The van der Waals surface area contributed by atoms with Gasteiger partial charge in [0.15, 0.2) is 0 Å². The van der Waals surface area contributed by atoms with Crippen LogP contribution in [0.25, 0.3) is 0 Å². The minimum Gasteiger partial charge on any atom is -0.303 e. The molecule has 2 heteroatoms. The Morgan fingerprint density at radius 3 is 2.39 bits per heavy atom. The number of aryl methyl sites for hydroxylation is 1. The lowest BCUT2D eigenvalue weighted by Gasteiger charge is -2.25. The average Bonchev–Trinajstić information content (AvgIpc) is 2.46. The summed E-state index contributed by atoms with van der Waals surface area (Å²) < 4.78 is 0. The van der Waals surface area contributed by atoms with Gasteiger partial charge in [-0.25, -0.2) is 0 Å². The third-order valence-corrected chi connectivity index (χ3v) is 4.01. The van der Waals surface area contributed by atoms with Crippen molar-refractivity contribution in [1.29, 1.82) is 5.26 Å². The summed E-state index contributed by atoms with van der Waals surface area (Å²) >= 11 is 0. The minimum absolute atomic E-state index is 0.316. The lowest BCUT2D eigenvalue weighted by molar-refractivity contribution is -0.112. The van der Waals surface area contributed by atoms with Gasteiger partial charge in [0.05, 0.1) is 11.6 Å². The van der Waals surface area contributed by atoms with Gasteiger partial charge in [0.25, 0.3) is 0 Å². The second kappa shape index (κ2) is 6.35. The maximum atomic E-state index is 10.7. The van der Waals surface area contributed by atoms with Gasteiger partial charge in [0.1, 0.15) is 6.29 Å². The van der Waals surface area contributed by atoms with Crippen LogP contribution in [0.2, 0.25) is 0 Å². The second-order valence-corrected chi connectivity index (χ2v) is 5.26. The molecule has 1 aromatic carbocycles. The monoisotopic (exact) mass is 241 g/mol. The van der Waals surface area contributed by atoms with Crippen LogP contribution in [0.4, 0.5) is 0 Å². The Labute approximate surface area is 109 Å². The molecule has 1 aliphatic rings. The van der Waals surface area contributed by atoms with Gasteiger partial charge in [-0.1, -0.05) is 12.1 Å². The number of aldehydes is 1. The van der Waals surface area contributed by atoms with E-state index in [9.17, 15) is 4.79 Å². The highest BCUT2D eigenvalue weighted by atomic mass is 16.1. The van der Waals surface area contributed by atoms with Crippen molar-refractivity contribution in [3.05, 3.63) is 35.4 Å². The largest absolute Gasteiger partial charge is 0.303 e. The molecular weight excluding hydrogens is 222 g/mol. The summed E-state index contributed by atoms with van der Waals surface area (Å²) in [4.78, 5) is 10.7. The molecule has 0 saturated heterocycles. The summed E-state index contributed by atoms with van der Waals surface area (Å²) in [7, 11) is 0. The summed E-state index contributed by atoms with van der Waals surface area (Å²) in [6.45, 7) is 0. The van der Waals surface area contributed by atoms with Crippen molar-refractivity contribution in [2.24, 2.45) is 11.8 Å². The molecule has 1 saturated carbocycles. The molecule has 2 nitrogen and oxygen atoms in total. The van der Waals surface area contributed by atoms with E-state index in [4.69, 9.17) is 5.26 Å². The van der Waals surface area contributed by atoms with Gasteiger partial charge < -0.3 is 4.79 Å². The van der Waals surface area contributed by atoms with Crippen molar-refractivity contribution in [2.75, 3.05) is 0 Å². The summed E-state index contributed by atoms with van der Waals surface area (Å²) in [5, 5.41) is 8.73. The lowest BCUT2D eigenvalue weighted by Crippen LogP contribution is -2.15. The van der Waals surface area contributed by atoms with Crippen LogP contribution in [-0.4, -0.2) is 6.29 Å². The first kappa shape index (κ1) is 12.8. The van der Waals surface area contributed by atoms with Gasteiger partial charge >= 0.3 is 0 Å². The van der Waals surface area contributed by atoms with E-state index in [1.54, 1.807) is 0 Å². The maximum absolute atomic E-state index is 10.7. The molecule has 0 bridgehead atoms. The molecule has 1 aliphatic carbocycles. The van der Waals surface area contributed by atoms with Crippen molar-refractivity contribution >= 4 is 6.29 Å². The molecule has 1 fully saturated rings. The van der Waals surface area contributed by atoms with E-state index >= 15 is 0 Å². The van der Waals surface area contributed by atoms with Crippen molar-refractivity contribution in [2.45, 2.75) is 38.5 Å². The van der Waals surface area contributed by atoms with Gasteiger partial charge in [0.2, 0.25) is 0 Å². The van der Waals surface area contributed by atoms with Gasteiger partial charge in [-0.05, 0) is 62.1 Å². The molecule has 1 aromatic rings. The third-order valence-electron chi connectivity index (χ3n) is 4.01. The van der Waals surface area contributed by atoms with E-state index < -0.39 is 0 Å². The number of carbonyl (C=O) groups is 1. The molecule has 0 radical (unpaired) electrons. The molecule has 2 rings (SSSR count). The first-order valence-corrected chi connectivity index (χ1v) is 6.76. The quantitative estimate of drug-likeness (QED) is 0.757. The summed E-state index contributed by atoms with van der Waals surface area (Å²) in [5.74, 6) is 1.09.